The van der Waals surface area contributed by atoms with Crippen LogP contribution in [0, 0.1) is 0 Å². The zero-order chi connectivity index (χ0) is 18.6. The monoisotopic (exact) mass is 356 g/mol. The van der Waals surface area contributed by atoms with Crippen LogP contribution in [0.1, 0.15) is 5.56 Å². The number of rotatable bonds is 5. The number of phenols is 2. The zero-order valence-electron chi connectivity index (χ0n) is 13.3. The number of hydrogen-bond acceptors (Lipinski definition) is 9. The number of methoxy groups -OCH3 is 1. The van der Waals surface area contributed by atoms with Crippen molar-refractivity contribution >= 4 is 12.0 Å². The Hall–Kier alpha value is -2.17. The van der Waals surface area contributed by atoms with E-state index in [1.807, 2.05) is 0 Å². The van der Waals surface area contributed by atoms with Crippen molar-refractivity contribution in [3.63, 3.8) is 0 Å². The maximum Gasteiger partial charge on any atom is 0.330 e. The van der Waals surface area contributed by atoms with Gasteiger partial charge in [0.2, 0.25) is 0 Å². The van der Waals surface area contributed by atoms with Gasteiger partial charge in [-0.15, -0.1) is 0 Å². The van der Waals surface area contributed by atoms with E-state index in [2.05, 4.69) is 0 Å². The van der Waals surface area contributed by atoms with Crippen LogP contribution in [-0.2, 0) is 19.0 Å². The molecule has 5 atom stereocenters. The second-order valence-electron chi connectivity index (χ2n) is 5.46. The molecule has 1 aliphatic heterocycles. The number of aliphatic hydroxyl groups is 3. The molecule has 1 aliphatic rings. The van der Waals surface area contributed by atoms with Crippen LogP contribution in [0.4, 0.5) is 0 Å². The second kappa shape index (κ2) is 8.28. The van der Waals surface area contributed by atoms with Gasteiger partial charge in [0.1, 0.15) is 31.0 Å². The highest BCUT2D eigenvalue weighted by molar-refractivity contribution is 5.87. The first-order valence-electron chi connectivity index (χ1n) is 7.42. The summed E-state index contributed by atoms with van der Waals surface area (Å²) < 4.78 is 15.0. The van der Waals surface area contributed by atoms with Crippen LogP contribution in [0.25, 0.3) is 6.08 Å². The minimum Gasteiger partial charge on any atom is -0.504 e. The smallest absolute Gasteiger partial charge is 0.330 e. The van der Waals surface area contributed by atoms with Gasteiger partial charge in [-0.05, 0) is 23.8 Å². The molecule has 2 rings (SSSR count). The first-order valence-corrected chi connectivity index (χ1v) is 7.42. The van der Waals surface area contributed by atoms with Crippen molar-refractivity contribution in [3.8, 4) is 11.5 Å². The van der Waals surface area contributed by atoms with Crippen molar-refractivity contribution in [2.45, 2.75) is 30.7 Å². The molecule has 0 amide bonds. The van der Waals surface area contributed by atoms with E-state index in [9.17, 15) is 30.3 Å². The Labute approximate surface area is 143 Å². The van der Waals surface area contributed by atoms with Crippen LogP contribution in [0.15, 0.2) is 24.3 Å². The number of hydrogen-bond donors (Lipinski definition) is 5. The second-order valence-corrected chi connectivity index (χ2v) is 5.46. The van der Waals surface area contributed by atoms with Crippen molar-refractivity contribution in [2.24, 2.45) is 0 Å². The van der Waals surface area contributed by atoms with Gasteiger partial charge in [-0.25, -0.2) is 4.79 Å². The highest BCUT2D eigenvalue weighted by Gasteiger charge is 2.44. The Bertz CT molecular complexity index is 628. The van der Waals surface area contributed by atoms with Crippen molar-refractivity contribution < 1.29 is 44.5 Å². The predicted molar refractivity (Wildman–Crippen MR) is 83.5 cm³/mol. The molecule has 25 heavy (non-hydrogen) atoms. The van der Waals surface area contributed by atoms with Crippen molar-refractivity contribution in [2.75, 3.05) is 13.7 Å². The van der Waals surface area contributed by atoms with Gasteiger partial charge in [-0.3, -0.25) is 0 Å². The van der Waals surface area contributed by atoms with Crippen LogP contribution >= 0.6 is 0 Å². The molecule has 1 fully saturated rings. The Morgan fingerprint density at radius 2 is 1.88 bits per heavy atom. The topological polar surface area (TPSA) is 146 Å². The average molecular weight is 356 g/mol. The molecule has 9 heteroatoms. The highest BCUT2D eigenvalue weighted by Crippen LogP contribution is 2.25. The Morgan fingerprint density at radius 3 is 2.52 bits per heavy atom. The summed E-state index contributed by atoms with van der Waals surface area (Å²) in [6.07, 6.45) is -4.16. The molecule has 0 radical (unpaired) electrons. The first kappa shape index (κ1) is 19.2. The molecule has 0 spiro atoms. The zero-order valence-corrected chi connectivity index (χ0v) is 13.3. The van der Waals surface area contributed by atoms with Crippen LogP contribution in [0.2, 0.25) is 0 Å². The minimum atomic E-state index is -1.50. The van der Waals surface area contributed by atoms with Crippen LogP contribution in [-0.4, -0.2) is 75.9 Å². The Kier molecular flexibility index (Phi) is 6.34. The van der Waals surface area contributed by atoms with Crippen molar-refractivity contribution in [1.82, 2.24) is 0 Å². The summed E-state index contributed by atoms with van der Waals surface area (Å²) in [5.74, 6) is -1.36. The number of carbonyl (C=O) groups is 1. The van der Waals surface area contributed by atoms with Crippen LogP contribution < -0.4 is 0 Å². The lowest BCUT2D eigenvalue weighted by Crippen LogP contribution is -2.59. The molecule has 0 aliphatic carbocycles. The van der Waals surface area contributed by atoms with Gasteiger partial charge in [-0.2, -0.15) is 0 Å². The SMILES string of the molecule is COC1OC(COC(=O)C=Cc2ccc(O)c(O)c2)C(O)C(O)C1O. The number of benzene rings is 1. The predicted octanol–water partition coefficient (Wildman–Crippen LogP) is -0.892. The number of aromatic hydroxyl groups is 2. The lowest BCUT2D eigenvalue weighted by Gasteiger charge is -2.39. The summed E-state index contributed by atoms with van der Waals surface area (Å²) in [5, 5.41) is 47.8. The van der Waals surface area contributed by atoms with E-state index in [1.165, 1.54) is 31.4 Å². The fourth-order valence-corrected chi connectivity index (χ4v) is 2.27. The van der Waals surface area contributed by atoms with E-state index >= 15 is 0 Å². The molecule has 1 aromatic carbocycles. The molecule has 0 saturated carbocycles. The molecule has 9 nitrogen and oxygen atoms in total. The molecule has 5 N–H and O–H groups in total. The van der Waals surface area contributed by atoms with Gasteiger partial charge in [0.05, 0.1) is 0 Å². The Balaban J connectivity index is 1.90. The van der Waals surface area contributed by atoms with E-state index in [4.69, 9.17) is 14.2 Å². The van der Waals surface area contributed by atoms with Gasteiger partial charge in [0, 0.05) is 13.2 Å². The fraction of sp³-hybridized carbons (Fsp3) is 0.438. The lowest BCUT2D eigenvalue weighted by molar-refractivity contribution is -0.294. The van der Waals surface area contributed by atoms with Gasteiger partial charge in [-0.1, -0.05) is 6.07 Å². The largest absolute Gasteiger partial charge is 0.504 e. The first-order chi connectivity index (χ1) is 11.8. The van der Waals surface area contributed by atoms with Gasteiger partial charge >= 0.3 is 5.97 Å². The van der Waals surface area contributed by atoms with Crippen molar-refractivity contribution in [3.05, 3.63) is 29.8 Å². The molecule has 1 aromatic rings. The maximum atomic E-state index is 11.7. The highest BCUT2D eigenvalue weighted by atomic mass is 16.7. The minimum absolute atomic E-state index is 0.281. The number of esters is 1. The van der Waals surface area contributed by atoms with Crippen molar-refractivity contribution in [1.29, 1.82) is 0 Å². The summed E-state index contributed by atoms with van der Waals surface area (Å²) in [4.78, 5) is 11.7. The third-order valence-corrected chi connectivity index (χ3v) is 3.70. The number of carbonyl (C=O) groups excluding carboxylic acids is 1. The van der Waals surface area contributed by atoms with E-state index in [-0.39, 0.29) is 18.1 Å². The number of ether oxygens (including phenoxy) is 3. The van der Waals surface area contributed by atoms with E-state index in [0.29, 0.717) is 5.56 Å². The normalized spacial score (nSPS) is 29.7. The van der Waals surface area contributed by atoms with Gasteiger partial charge in [0.15, 0.2) is 17.8 Å². The van der Waals surface area contributed by atoms with E-state index in [1.54, 1.807) is 0 Å². The Morgan fingerprint density at radius 1 is 1.16 bits per heavy atom. The summed E-state index contributed by atoms with van der Waals surface area (Å²) in [7, 11) is 1.26. The summed E-state index contributed by atoms with van der Waals surface area (Å²) >= 11 is 0. The van der Waals surface area contributed by atoms with Gasteiger partial charge < -0.3 is 39.7 Å². The molecule has 5 unspecified atom stereocenters. The third kappa shape index (κ3) is 4.68. The summed E-state index contributed by atoms with van der Waals surface area (Å²) in [5.41, 5.74) is 0.458. The number of aliphatic hydroxyl groups excluding tert-OH is 3. The standard InChI is InChI=1S/C16H20O9/c1-23-16-15(22)14(21)13(20)11(25-16)7-24-12(19)5-3-8-2-4-9(17)10(18)6-8/h2-6,11,13-18,20-22H,7H2,1H3. The van der Waals surface area contributed by atoms with E-state index < -0.39 is 36.7 Å². The molecule has 1 saturated heterocycles. The van der Waals surface area contributed by atoms with Crippen LogP contribution in [0.3, 0.4) is 0 Å². The maximum absolute atomic E-state index is 11.7. The third-order valence-electron chi connectivity index (χ3n) is 3.70. The molecule has 138 valence electrons. The van der Waals surface area contributed by atoms with Crippen LogP contribution in [0.5, 0.6) is 11.5 Å². The summed E-state index contributed by atoms with van der Waals surface area (Å²) in [6, 6.07) is 4.01. The number of phenolic OH excluding ortho intramolecular Hbond substituents is 2. The van der Waals surface area contributed by atoms with Gasteiger partial charge in [0.25, 0.3) is 0 Å². The molecule has 1 heterocycles. The molecular weight excluding hydrogens is 336 g/mol. The summed E-state index contributed by atoms with van der Waals surface area (Å²) in [6.45, 7) is -0.366. The molecule has 0 aromatic heterocycles. The molecule has 0 bridgehead atoms. The average Bonchev–Trinajstić information content (AvgIpc) is 2.60. The molecular formula is C16H20O9. The fourth-order valence-electron chi connectivity index (χ4n) is 2.27. The lowest BCUT2D eigenvalue weighted by atomic mass is 9.99. The quantitative estimate of drug-likeness (QED) is 0.257. The van der Waals surface area contributed by atoms with E-state index in [0.717, 1.165) is 6.08 Å².